The van der Waals surface area contributed by atoms with Crippen LogP contribution in [0.5, 0.6) is 5.75 Å². The minimum absolute atomic E-state index is 0.129. The van der Waals surface area contributed by atoms with Gasteiger partial charge in [-0.2, -0.15) is 0 Å². The maximum Gasteiger partial charge on any atom is 0.308 e. The van der Waals surface area contributed by atoms with E-state index < -0.39 is 6.04 Å². The molecule has 26 heavy (non-hydrogen) atoms. The van der Waals surface area contributed by atoms with Crippen molar-refractivity contribution in [1.29, 1.82) is 0 Å². The number of furan rings is 1. The molecule has 0 radical (unpaired) electrons. The first-order valence-electron chi connectivity index (χ1n) is 8.03. The van der Waals surface area contributed by atoms with E-state index >= 15 is 0 Å². The lowest BCUT2D eigenvalue weighted by molar-refractivity contribution is 0.0638. The molecule has 3 aromatic rings. The van der Waals surface area contributed by atoms with Crippen molar-refractivity contribution in [3.8, 4) is 5.75 Å². The number of hydrogen-bond donors (Lipinski definition) is 2. The molecule has 0 saturated heterocycles. The number of phenolic OH excluding ortho intramolecular Hbond substituents is 1. The predicted octanol–water partition coefficient (Wildman–Crippen LogP) is 4.49. The molecule has 0 fully saturated rings. The molecule has 0 saturated carbocycles. The van der Waals surface area contributed by atoms with Crippen molar-refractivity contribution in [3.05, 3.63) is 94.4 Å². The molecule has 2 aromatic carbocycles. The highest BCUT2D eigenvalue weighted by Crippen LogP contribution is 2.36. The maximum absolute atomic E-state index is 12.9. The number of carbonyl (C=O) groups excluding carboxylic acids is 1. The second-order valence-electron chi connectivity index (χ2n) is 5.86. The lowest BCUT2D eigenvalue weighted by Gasteiger charge is -2.25. The van der Waals surface area contributed by atoms with Crippen molar-refractivity contribution >= 4 is 27.5 Å². The molecule has 0 unspecified atom stereocenters. The van der Waals surface area contributed by atoms with Gasteiger partial charge in [-0.3, -0.25) is 10.2 Å². The summed E-state index contributed by atoms with van der Waals surface area (Å²) in [5, 5.41) is 11.7. The summed E-state index contributed by atoms with van der Waals surface area (Å²) in [6.45, 7) is 0. The molecule has 1 aromatic heterocycles. The predicted molar refractivity (Wildman–Crippen MR) is 101 cm³/mol. The normalized spacial score (nSPS) is 16.3. The van der Waals surface area contributed by atoms with E-state index in [9.17, 15) is 9.90 Å². The molecule has 0 spiro atoms. The first kappa shape index (κ1) is 16.5. The number of hydrogen-bond acceptors (Lipinski definition) is 4. The fourth-order valence-corrected chi connectivity index (χ4v) is 3.19. The Bertz CT molecular complexity index is 965. The van der Waals surface area contributed by atoms with Crippen LogP contribution in [0.15, 0.2) is 81.9 Å². The quantitative estimate of drug-likeness (QED) is 0.667. The number of para-hydroxylation sites is 1. The highest BCUT2D eigenvalue weighted by molar-refractivity contribution is 9.10. The molecule has 1 aliphatic heterocycles. The van der Waals surface area contributed by atoms with E-state index in [1.54, 1.807) is 30.3 Å². The largest absolute Gasteiger partial charge is 0.508 e. The third-order valence-corrected chi connectivity index (χ3v) is 4.73. The summed E-state index contributed by atoms with van der Waals surface area (Å²) in [5.41, 5.74) is 5.50. The number of phenols is 1. The van der Waals surface area contributed by atoms with Crippen LogP contribution in [0.3, 0.4) is 0 Å². The van der Waals surface area contributed by atoms with E-state index in [4.69, 9.17) is 4.42 Å². The van der Waals surface area contributed by atoms with Crippen molar-refractivity contribution in [2.24, 2.45) is 0 Å². The molecular formula is C20H15BrN2O3. The number of rotatable bonds is 3. The molecule has 0 aliphatic carbocycles. The monoisotopic (exact) mass is 410 g/mol. The van der Waals surface area contributed by atoms with Gasteiger partial charge in [-0.15, -0.1) is 0 Å². The van der Waals surface area contributed by atoms with Gasteiger partial charge in [0.05, 0.1) is 12.0 Å². The van der Waals surface area contributed by atoms with Gasteiger partial charge in [0.25, 0.3) is 0 Å². The van der Waals surface area contributed by atoms with Gasteiger partial charge < -0.3 is 9.52 Å². The third-order valence-electron chi connectivity index (χ3n) is 4.20. The average Bonchev–Trinajstić information content (AvgIpc) is 3.32. The fourth-order valence-electron chi connectivity index (χ4n) is 2.92. The van der Waals surface area contributed by atoms with Gasteiger partial charge in [0, 0.05) is 10.0 Å². The van der Waals surface area contributed by atoms with E-state index in [2.05, 4.69) is 21.4 Å². The van der Waals surface area contributed by atoms with Crippen LogP contribution in [0.1, 0.15) is 27.7 Å². The van der Waals surface area contributed by atoms with E-state index in [0.717, 1.165) is 15.7 Å². The van der Waals surface area contributed by atoms with Gasteiger partial charge in [0.2, 0.25) is 0 Å². The number of aromatic hydroxyl groups is 1. The van der Waals surface area contributed by atoms with Crippen molar-refractivity contribution in [2.45, 2.75) is 6.04 Å². The Morgan fingerprint density at radius 1 is 1.08 bits per heavy atom. The second kappa shape index (κ2) is 6.72. The topological polar surface area (TPSA) is 65.7 Å². The molecule has 0 bridgehead atoms. The Hall–Kier alpha value is -2.99. The molecule has 2 N–H and O–H groups in total. The van der Waals surface area contributed by atoms with Crippen LogP contribution in [-0.4, -0.2) is 16.0 Å². The fraction of sp³-hybridized carbons (Fsp3) is 0.0500. The summed E-state index contributed by atoms with van der Waals surface area (Å²) in [6.07, 6.45) is 3.38. The summed E-state index contributed by atoms with van der Waals surface area (Å²) < 4.78 is 6.23. The number of benzene rings is 2. The van der Waals surface area contributed by atoms with E-state index in [-0.39, 0.29) is 17.4 Å². The van der Waals surface area contributed by atoms with Gasteiger partial charge in [-0.25, -0.2) is 5.01 Å². The number of carbonyl (C=O) groups is 1. The minimum Gasteiger partial charge on any atom is -0.508 e. The van der Waals surface area contributed by atoms with E-state index in [1.165, 1.54) is 11.3 Å². The molecular weight excluding hydrogens is 396 g/mol. The number of nitrogens with one attached hydrogen (secondary N) is 1. The van der Waals surface area contributed by atoms with Crippen LogP contribution in [0.4, 0.5) is 0 Å². The van der Waals surface area contributed by atoms with Crippen LogP contribution < -0.4 is 5.43 Å². The van der Waals surface area contributed by atoms with E-state index in [0.29, 0.717) is 5.56 Å². The Labute approximate surface area is 158 Å². The van der Waals surface area contributed by atoms with E-state index in [1.807, 2.05) is 36.4 Å². The zero-order chi connectivity index (χ0) is 18.1. The molecule has 130 valence electrons. The lowest BCUT2D eigenvalue weighted by Crippen LogP contribution is -2.39. The molecule has 1 amide bonds. The number of amides is 1. The van der Waals surface area contributed by atoms with Crippen molar-refractivity contribution in [1.82, 2.24) is 10.4 Å². The summed E-state index contributed by atoms with van der Waals surface area (Å²) in [7, 11) is 0. The maximum atomic E-state index is 12.9. The Morgan fingerprint density at radius 2 is 1.85 bits per heavy atom. The zero-order valence-corrected chi connectivity index (χ0v) is 15.2. The summed E-state index contributed by atoms with van der Waals surface area (Å²) in [6, 6.07) is 17.6. The molecule has 1 atom stereocenters. The lowest BCUT2D eigenvalue weighted by atomic mass is 10.0. The van der Waals surface area contributed by atoms with Crippen molar-refractivity contribution in [2.75, 3.05) is 0 Å². The van der Waals surface area contributed by atoms with Gasteiger partial charge in [-0.05, 0) is 42.0 Å². The molecule has 2 heterocycles. The number of hydrazine groups is 1. The zero-order valence-electron chi connectivity index (χ0n) is 13.6. The first-order valence-corrected chi connectivity index (χ1v) is 8.82. The first-order chi connectivity index (χ1) is 12.6. The number of halogens is 1. The van der Waals surface area contributed by atoms with Crippen LogP contribution in [-0.2, 0) is 0 Å². The smallest absolute Gasteiger partial charge is 0.308 e. The van der Waals surface area contributed by atoms with Gasteiger partial charge >= 0.3 is 5.91 Å². The van der Waals surface area contributed by atoms with Crippen molar-refractivity contribution < 1.29 is 14.3 Å². The SMILES string of the molecule is O=C(c1ccco1)N1NC(c2ccc(Br)cc2)=C[C@@H]1c1ccccc1O. The highest BCUT2D eigenvalue weighted by Gasteiger charge is 2.33. The standard InChI is InChI=1S/C20H15BrN2O3/c21-14-9-7-13(8-10-14)16-12-17(15-4-1-2-5-18(15)24)23(22-16)20(25)19-6-3-11-26-19/h1-12,17,22,24H/t17-/m1/s1. The Kier molecular flexibility index (Phi) is 4.26. The molecule has 1 aliphatic rings. The van der Waals surface area contributed by atoms with Crippen LogP contribution in [0, 0.1) is 0 Å². The summed E-state index contributed by atoms with van der Waals surface area (Å²) >= 11 is 3.42. The molecule has 5 nitrogen and oxygen atoms in total. The Balaban J connectivity index is 1.75. The average molecular weight is 411 g/mol. The van der Waals surface area contributed by atoms with Crippen LogP contribution in [0.2, 0.25) is 0 Å². The van der Waals surface area contributed by atoms with Gasteiger partial charge in [0.1, 0.15) is 11.8 Å². The minimum atomic E-state index is -0.465. The van der Waals surface area contributed by atoms with Gasteiger partial charge in [-0.1, -0.05) is 46.3 Å². The Morgan fingerprint density at radius 3 is 2.54 bits per heavy atom. The summed E-state index contributed by atoms with van der Waals surface area (Å²) in [4.78, 5) is 12.9. The molecule has 4 rings (SSSR count). The highest BCUT2D eigenvalue weighted by atomic mass is 79.9. The second-order valence-corrected chi connectivity index (χ2v) is 6.77. The third kappa shape index (κ3) is 2.99. The number of nitrogens with zero attached hydrogens (tertiary/aromatic N) is 1. The molecule has 6 heteroatoms. The van der Waals surface area contributed by atoms with Crippen LogP contribution in [0.25, 0.3) is 5.70 Å². The van der Waals surface area contributed by atoms with Crippen molar-refractivity contribution in [3.63, 3.8) is 0 Å². The van der Waals surface area contributed by atoms with Gasteiger partial charge in [0.15, 0.2) is 5.76 Å². The summed E-state index contributed by atoms with van der Waals surface area (Å²) in [5.74, 6) is 0.0415. The van der Waals surface area contributed by atoms with Crippen LogP contribution >= 0.6 is 15.9 Å².